The third-order valence-corrected chi connectivity index (χ3v) is 4.01. The lowest BCUT2D eigenvalue weighted by molar-refractivity contribution is -0.141. The highest BCUT2D eigenvalue weighted by atomic mass is 16.5. The van der Waals surface area contributed by atoms with Crippen LogP contribution < -0.4 is 4.74 Å². The van der Waals surface area contributed by atoms with Gasteiger partial charge in [0.25, 0.3) is 11.8 Å². The number of carbonyl (C=O) groups excluding carboxylic acids is 2. The molecule has 2 rings (SSSR count). The van der Waals surface area contributed by atoms with Crippen molar-refractivity contribution < 1.29 is 19.1 Å². The Morgan fingerprint density at radius 2 is 1.85 bits per heavy atom. The lowest BCUT2D eigenvalue weighted by Crippen LogP contribution is -2.44. The van der Waals surface area contributed by atoms with E-state index in [4.69, 9.17) is 9.47 Å². The number of hydrogen-bond acceptors (Lipinski definition) is 5. The van der Waals surface area contributed by atoms with Crippen molar-refractivity contribution in [2.45, 2.75) is 20.3 Å². The zero-order valence-electron chi connectivity index (χ0n) is 15.2. The van der Waals surface area contributed by atoms with E-state index in [0.29, 0.717) is 17.8 Å². The van der Waals surface area contributed by atoms with E-state index in [1.54, 1.807) is 13.0 Å². The van der Waals surface area contributed by atoms with E-state index in [0.717, 1.165) is 22.6 Å². The van der Waals surface area contributed by atoms with Crippen molar-refractivity contribution in [1.82, 2.24) is 4.90 Å². The molecule has 0 saturated carbocycles. The minimum atomic E-state index is -0.576. The minimum Gasteiger partial charge on any atom is -0.494 e. The first kappa shape index (κ1) is 19.4. The average Bonchev–Trinajstić information content (AvgIpc) is 2.65. The van der Waals surface area contributed by atoms with Crippen molar-refractivity contribution >= 4 is 17.9 Å². The zero-order chi connectivity index (χ0) is 19.1. The number of imide groups is 1. The summed E-state index contributed by atoms with van der Waals surface area (Å²) >= 11 is 0. The number of rotatable bonds is 7. The molecule has 1 aromatic carbocycles. The van der Waals surface area contributed by atoms with Crippen LogP contribution in [0.1, 0.15) is 25.8 Å². The van der Waals surface area contributed by atoms with E-state index >= 15 is 0 Å². The van der Waals surface area contributed by atoms with Crippen LogP contribution in [-0.4, -0.2) is 43.6 Å². The van der Waals surface area contributed by atoms with Gasteiger partial charge in [0.15, 0.2) is 0 Å². The fourth-order valence-corrected chi connectivity index (χ4v) is 2.56. The fraction of sp³-hybridized carbons (Fsp3) is 0.350. The standard InChI is InChI=1S/C20H22N2O4/c1-4-10-26-16-7-5-15(6-8-16)12-17-14(2)18(13-21)20(24)22(19(17)23)9-11-25-3/h5-8,12H,4,9-11H2,1-3H3/b17-12+. The van der Waals surface area contributed by atoms with Crippen LogP contribution in [0.15, 0.2) is 41.0 Å². The van der Waals surface area contributed by atoms with Crippen LogP contribution in [0.5, 0.6) is 5.75 Å². The lowest BCUT2D eigenvalue weighted by atomic mass is 9.93. The van der Waals surface area contributed by atoms with Crippen LogP contribution in [0.3, 0.4) is 0 Å². The number of amides is 2. The number of hydrogen-bond donors (Lipinski definition) is 0. The molecule has 136 valence electrons. The van der Waals surface area contributed by atoms with E-state index in [1.807, 2.05) is 37.3 Å². The Morgan fingerprint density at radius 3 is 2.42 bits per heavy atom. The summed E-state index contributed by atoms with van der Waals surface area (Å²) in [5.74, 6) is -0.242. The predicted octanol–water partition coefficient (Wildman–Crippen LogP) is 2.71. The summed E-state index contributed by atoms with van der Waals surface area (Å²) in [5.41, 5.74) is 1.49. The summed E-state index contributed by atoms with van der Waals surface area (Å²) in [5, 5.41) is 9.32. The van der Waals surface area contributed by atoms with Crippen LogP contribution in [-0.2, 0) is 14.3 Å². The molecule has 0 aromatic heterocycles. The Hall–Kier alpha value is -2.91. The van der Waals surface area contributed by atoms with Gasteiger partial charge in [0.1, 0.15) is 17.4 Å². The monoisotopic (exact) mass is 354 g/mol. The molecular weight excluding hydrogens is 332 g/mol. The van der Waals surface area contributed by atoms with Crippen LogP contribution in [0.2, 0.25) is 0 Å². The SMILES string of the molecule is CCCOc1ccc(/C=C2/C(=O)N(CCOC)C(=O)C(C#N)=C2C)cc1. The number of carbonyl (C=O) groups is 2. The molecule has 0 saturated heterocycles. The first-order chi connectivity index (χ1) is 12.5. The summed E-state index contributed by atoms with van der Waals surface area (Å²) < 4.78 is 10.5. The maximum Gasteiger partial charge on any atom is 0.271 e. The van der Waals surface area contributed by atoms with Gasteiger partial charge in [-0.1, -0.05) is 19.1 Å². The molecule has 0 spiro atoms. The van der Waals surface area contributed by atoms with Gasteiger partial charge in [0, 0.05) is 12.7 Å². The molecule has 0 unspecified atom stereocenters. The first-order valence-corrected chi connectivity index (χ1v) is 8.44. The van der Waals surface area contributed by atoms with Gasteiger partial charge >= 0.3 is 0 Å². The van der Waals surface area contributed by atoms with Gasteiger partial charge in [0.05, 0.1) is 19.8 Å². The Morgan fingerprint density at radius 1 is 1.15 bits per heavy atom. The fourth-order valence-electron chi connectivity index (χ4n) is 2.56. The second-order valence-electron chi connectivity index (χ2n) is 5.84. The molecule has 6 heteroatoms. The number of nitriles is 1. The Kier molecular flexibility index (Phi) is 6.70. The van der Waals surface area contributed by atoms with Crippen LogP contribution in [0, 0.1) is 11.3 Å². The molecule has 0 bridgehead atoms. The maximum absolute atomic E-state index is 12.7. The number of ether oxygens (including phenoxy) is 2. The van der Waals surface area contributed by atoms with Gasteiger partial charge in [-0.2, -0.15) is 5.26 Å². The molecule has 0 radical (unpaired) electrons. The van der Waals surface area contributed by atoms with Crippen molar-refractivity contribution in [2.75, 3.05) is 26.9 Å². The number of methoxy groups -OCH3 is 1. The largest absolute Gasteiger partial charge is 0.494 e. The smallest absolute Gasteiger partial charge is 0.271 e. The van der Waals surface area contributed by atoms with Crippen LogP contribution >= 0.6 is 0 Å². The normalized spacial score (nSPS) is 16.2. The highest BCUT2D eigenvalue weighted by molar-refractivity contribution is 6.19. The van der Waals surface area contributed by atoms with E-state index in [2.05, 4.69) is 0 Å². The van der Waals surface area contributed by atoms with E-state index in [9.17, 15) is 14.9 Å². The first-order valence-electron chi connectivity index (χ1n) is 8.44. The summed E-state index contributed by atoms with van der Waals surface area (Å²) in [6.07, 6.45) is 2.61. The van der Waals surface area contributed by atoms with Gasteiger partial charge in [-0.25, -0.2) is 0 Å². The molecule has 26 heavy (non-hydrogen) atoms. The highest BCUT2D eigenvalue weighted by Crippen LogP contribution is 2.27. The molecule has 6 nitrogen and oxygen atoms in total. The molecule has 1 aromatic rings. The van der Waals surface area contributed by atoms with Crippen LogP contribution in [0.4, 0.5) is 0 Å². The maximum atomic E-state index is 12.7. The molecular formula is C20H22N2O4. The molecule has 2 amide bonds. The van der Waals surface area contributed by atoms with E-state index in [1.165, 1.54) is 7.11 Å². The topological polar surface area (TPSA) is 79.6 Å². The van der Waals surface area contributed by atoms with Crippen molar-refractivity contribution in [3.8, 4) is 11.8 Å². The Balaban J connectivity index is 2.37. The quantitative estimate of drug-likeness (QED) is 0.556. The molecule has 1 aliphatic heterocycles. The van der Waals surface area contributed by atoms with Crippen molar-refractivity contribution in [1.29, 1.82) is 5.26 Å². The zero-order valence-corrected chi connectivity index (χ0v) is 15.2. The van der Waals surface area contributed by atoms with Crippen molar-refractivity contribution in [2.24, 2.45) is 0 Å². The van der Waals surface area contributed by atoms with Gasteiger partial charge in [-0.05, 0) is 42.7 Å². The third kappa shape index (κ3) is 4.19. The number of benzene rings is 1. The summed E-state index contributed by atoms with van der Waals surface area (Å²) in [4.78, 5) is 26.1. The summed E-state index contributed by atoms with van der Waals surface area (Å²) in [7, 11) is 1.49. The molecule has 0 N–H and O–H groups in total. The molecule has 0 atom stereocenters. The summed E-state index contributed by atoms with van der Waals surface area (Å²) in [6, 6.07) is 9.23. The second kappa shape index (κ2) is 8.97. The van der Waals surface area contributed by atoms with Crippen molar-refractivity contribution in [3.05, 3.63) is 46.5 Å². The minimum absolute atomic E-state index is 0.0187. The third-order valence-electron chi connectivity index (χ3n) is 4.01. The summed E-state index contributed by atoms with van der Waals surface area (Å²) in [6.45, 7) is 4.61. The molecule has 1 aliphatic rings. The highest BCUT2D eigenvalue weighted by Gasteiger charge is 2.35. The van der Waals surface area contributed by atoms with E-state index in [-0.39, 0.29) is 18.7 Å². The van der Waals surface area contributed by atoms with E-state index < -0.39 is 11.8 Å². The predicted molar refractivity (Wildman–Crippen MR) is 97.1 cm³/mol. The Labute approximate surface area is 153 Å². The lowest BCUT2D eigenvalue weighted by Gasteiger charge is -2.27. The van der Waals surface area contributed by atoms with Gasteiger partial charge in [-0.3, -0.25) is 14.5 Å². The van der Waals surface area contributed by atoms with Gasteiger partial charge < -0.3 is 9.47 Å². The molecule has 1 heterocycles. The average molecular weight is 354 g/mol. The van der Waals surface area contributed by atoms with Gasteiger partial charge in [-0.15, -0.1) is 0 Å². The van der Waals surface area contributed by atoms with Crippen LogP contribution in [0.25, 0.3) is 6.08 Å². The van der Waals surface area contributed by atoms with Gasteiger partial charge in [0.2, 0.25) is 0 Å². The molecule has 0 fully saturated rings. The number of nitrogens with zero attached hydrogens (tertiary/aromatic N) is 2. The molecule has 0 aliphatic carbocycles. The Bertz CT molecular complexity index is 785. The second-order valence-corrected chi connectivity index (χ2v) is 5.84. The van der Waals surface area contributed by atoms with Crippen molar-refractivity contribution in [3.63, 3.8) is 0 Å².